The van der Waals surface area contributed by atoms with Gasteiger partial charge in [0.25, 0.3) is 0 Å². The number of amides is 1. The van der Waals surface area contributed by atoms with E-state index in [-0.39, 0.29) is 30.9 Å². The molecule has 1 aliphatic heterocycles. The van der Waals surface area contributed by atoms with E-state index in [1.807, 2.05) is 6.07 Å². The molecule has 7 heteroatoms. The monoisotopic (exact) mass is 340 g/mol. The third-order valence-corrected chi connectivity index (χ3v) is 4.17. The Morgan fingerprint density at radius 1 is 1.36 bits per heavy atom. The third kappa shape index (κ3) is 3.92. The molecule has 2 aromatic rings. The average Bonchev–Trinajstić information content (AvgIpc) is 3.02. The van der Waals surface area contributed by atoms with Crippen molar-refractivity contribution in [1.82, 2.24) is 9.88 Å². The second kappa shape index (κ2) is 7.28. The number of rotatable bonds is 4. The smallest absolute Gasteiger partial charge is 0.242 e. The van der Waals surface area contributed by atoms with Crippen molar-refractivity contribution in [2.45, 2.75) is 18.6 Å². The molecule has 0 spiro atoms. The fourth-order valence-corrected chi connectivity index (χ4v) is 2.92. The van der Waals surface area contributed by atoms with Crippen LogP contribution in [0.15, 0.2) is 42.6 Å². The van der Waals surface area contributed by atoms with Gasteiger partial charge in [0.15, 0.2) is 0 Å². The largest absolute Gasteiger partial charge is 0.391 e. The number of carbonyl (C=O) groups excluding carboxylic acids is 1. The molecule has 0 saturated carbocycles. The molecule has 3 rings (SSSR count). The van der Waals surface area contributed by atoms with Crippen molar-refractivity contribution < 1.29 is 14.3 Å². The van der Waals surface area contributed by atoms with Gasteiger partial charge < -0.3 is 15.3 Å². The van der Waals surface area contributed by atoms with Crippen LogP contribution in [0.25, 0.3) is 0 Å². The topological polar surface area (TPSA) is 89.2 Å². The van der Waals surface area contributed by atoms with Gasteiger partial charge in [0.2, 0.25) is 5.91 Å². The highest BCUT2D eigenvalue weighted by Crippen LogP contribution is 2.32. The van der Waals surface area contributed by atoms with Crippen molar-refractivity contribution >= 4 is 11.7 Å². The maximum absolute atomic E-state index is 13.1. The van der Waals surface area contributed by atoms with Crippen LogP contribution in [0.5, 0.6) is 0 Å². The van der Waals surface area contributed by atoms with E-state index >= 15 is 0 Å². The minimum absolute atomic E-state index is 0.0172. The standard InChI is InChI=1S/C18H17FN4O2/c19-14-4-2-13(3-5-14)16-7-15(24)11-23(16)18(25)10-22-17-6-1-12(8-20)9-21-17/h1-6,9,15-16,24H,7,10-11H2,(H,21,22)/t15-,16+/m0/s1. The summed E-state index contributed by atoms with van der Waals surface area (Å²) >= 11 is 0. The predicted octanol–water partition coefficient (Wildman–Crippen LogP) is 1.84. The van der Waals surface area contributed by atoms with Crippen LogP contribution >= 0.6 is 0 Å². The molecule has 128 valence electrons. The van der Waals surface area contributed by atoms with Crippen LogP contribution in [0.4, 0.5) is 10.2 Å². The number of aromatic nitrogens is 1. The van der Waals surface area contributed by atoms with Gasteiger partial charge in [-0.15, -0.1) is 0 Å². The number of β-amino-alcohol motifs (C(OH)–C–C–N with tert-alkyl or cyclic N) is 1. The van der Waals surface area contributed by atoms with E-state index in [9.17, 15) is 14.3 Å². The number of likely N-dealkylation sites (tertiary alicyclic amines) is 1. The van der Waals surface area contributed by atoms with Crippen molar-refractivity contribution in [1.29, 1.82) is 5.26 Å². The second-order valence-corrected chi connectivity index (χ2v) is 5.90. The minimum atomic E-state index is -0.605. The Balaban J connectivity index is 1.66. The van der Waals surface area contributed by atoms with Gasteiger partial charge in [0.05, 0.1) is 24.3 Å². The summed E-state index contributed by atoms with van der Waals surface area (Å²) in [7, 11) is 0. The van der Waals surface area contributed by atoms with Crippen molar-refractivity contribution in [2.24, 2.45) is 0 Å². The second-order valence-electron chi connectivity index (χ2n) is 5.90. The van der Waals surface area contributed by atoms with Gasteiger partial charge in [-0.2, -0.15) is 5.26 Å². The van der Waals surface area contributed by atoms with Crippen molar-refractivity contribution in [3.05, 3.63) is 59.5 Å². The van der Waals surface area contributed by atoms with E-state index in [1.54, 1.807) is 29.2 Å². The van der Waals surface area contributed by atoms with Crippen LogP contribution in [0, 0.1) is 17.1 Å². The summed E-state index contributed by atoms with van der Waals surface area (Å²) in [5.41, 5.74) is 1.23. The zero-order valence-corrected chi connectivity index (χ0v) is 13.4. The Labute approximate surface area is 144 Å². The molecule has 1 aromatic carbocycles. The van der Waals surface area contributed by atoms with E-state index in [0.29, 0.717) is 17.8 Å². The molecule has 0 aliphatic carbocycles. The molecule has 6 nitrogen and oxygen atoms in total. The van der Waals surface area contributed by atoms with E-state index in [4.69, 9.17) is 5.26 Å². The number of hydrogen-bond acceptors (Lipinski definition) is 5. The van der Waals surface area contributed by atoms with E-state index in [0.717, 1.165) is 5.56 Å². The van der Waals surface area contributed by atoms with Gasteiger partial charge in [0, 0.05) is 12.7 Å². The van der Waals surface area contributed by atoms with Gasteiger partial charge in [-0.05, 0) is 36.2 Å². The van der Waals surface area contributed by atoms with Crippen LogP contribution in [0.1, 0.15) is 23.6 Å². The normalized spacial score (nSPS) is 19.5. The fraction of sp³-hybridized carbons (Fsp3) is 0.278. The Morgan fingerprint density at radius 3 is 2.76 bits per heavy atom. The van der Waals surface area contributed by atoms with Crippen LogP contribution < -0.4 is 5.32 Å². The molecular weight excluding hydrogens is 323 g/mol. The molecule has 0 bridgehead atoms. The molecule has 1 fully saturated rings. The van der Waals surface area contributed by atoms with Crippen LogP contribution in [-0.2, 0) is 4.79 Å². The number of anilines is 1. The predicted molar refractivity (Wildman–Crippen MR) is 88.9 cm³/mol. The Bertz CT molecular complexity index is 786. The molecule has 25 heavy (non-hydrogen) atoms. The molecule has 2 N–H and O–H groups in total. The molecule has 1 aliphatic rings. The maximum atomic E-state index is 13.1. The first-order valence-corrected chi connectivity index (χ1v) is 7.90. The van der Waals surface area contributed by atoms with E-state index in [1.165, 1.54) is 18.3 Å². The van der Waals surface area contributed by atoms with E-state index in [2.05, 4.69) is 10.3 Å². The summed E-state index contributed by atoms with van der Waals surface area (Å²) < 4.78 is 13.1. The average molecular weight is 340 g/mol. The third-order valence-electron chi connectivity index (χ3n) is 4.17. The highest BCUT2D eigenvalue weighted by atomic mass is 19.1. The number of aliphatic hydroxyl groups is 1. The number of carbonyl (C=O) groups is 1. The molecule has 1 aromatic heterocycles. The SMILES string of the molecule is N#Cc1ccc(NCC(=O)N2C[C@@H](O)C[C@@H]2c2ccc(F)cc2)nc1. The number of benzene rings is 1. The number of nitrogens with one attached hydrogen (secondary N) is 1. The highest BCUT2D eigenvalue weighted by molar-refractivity contribution is 5.81. The summed E-state index contributed by atoms with van der Waals surface area (Å²) in [6.45, 7) is 0.257. The molecule has 0 radical (unpaired) electrons. The van der Waals surface area contributed by atoms with E-state index < -0.39 is 6.10 Å². The number of aliphatic hydroxyl groups excluding tert-OH is 1. The lowest BCUT2D eigenvalue weighted by Gasteiger charge is -2.25. The number of nitriles is 1. The number of halogens is 1. The summed E-state index contributed by atoms with van der Waals surface area (Å²) in [6.07, 6.45) is 1.24. The van der Waals surface area contributed by atoms with Gasteiger partial charge in [0.1, 0.15) is 17.7 Å². The van der Waals surface area contributed by atoms with Crippen LogP contribution in [-0.4, -0.2) is 40.1 Å². The maximum Gasteiger partial charge on any atom is 0.242 e. The Kier molecular flexibility index (Phi) is 4.91. The molecule has 2 heterocycles. The van der Waals surface area contributed by atoms with Crippen molar-refractivity contribution in [3.63, 3.8) is 0 Å². The lowest BCUT2D eigenvalue weighted by Crippen LogP contribution is -2.36. The minimum Gasteiger partial charge on any atom is -0.391 e. The van der Waals surface area contributed by atoms with Gasteiger partial charge >= 0.3 is 0 Å². The first-order chi connectivity index (χ1) is 12.1. The van der Waals surface area contributed by atoms with Crippen molar-refractivity contribution in [3.8, 4) is 6.07 Å². The van der Waals surface area contributed by atoms with Crippen molar-refractivity contribution in [2.75, 3.05) is 18.4 Å². The van der Waals surface area contributed by atoms with Gasteiger partial charge in [-0.25, -0.2) is 9.37 Å². The first kappa shape index (κ1) is 16.9. The summed E-state index contributed by atoms with van der Waals surface area (Å²) in [4.78, 5) is 18.2. The number of nitrogens with zero attached hydrogens (tertiary/aromatic N) is 3. The number of pyridine rings is 1. The molecule has 1 amide bonds. The van der Waals surface area contributed by atoms with Gasteiger partial charge in [-0.1, -0.05) is 12.1 Å². The lowest BCUT2D eigenvalue weighted by atomic mass is 10.0. The zero-order chi connectivity index (χ0) is 17.8. The molecule has 0 unspecified atom stereocenters. The summed E-state index contributed by atoms with van der Waals surface area (Å²) in [5.74, 6) is -0.0313. The molecule has 2 atom stereocenters. The van der Waals surface area contributed by atoms with Crippen LogP contribution in [0.3, 0.4) is 0 Å². The summed E-state index contributed by atoms with van der Waals surface area (Å²) in [5, 5.41) is 21.6. The first-order valence-electron chi connectivity index (χ1n) is 7.90. The molecule has 1 saturated heterocycles. The van der Waals surface area contributed by atoms with Gasteiger partial charge in [-0.3, -0.25) is 4.79 Å². The number of hydrogen-bond donors (Lipinski definition) is 2. The highest BCUT2D eigenvalue weighted by Gasteiger charge is 2.35. The molecular formula is C18H17FN4O2. The fourth-order valence-electron chi connectivity index (χ4n) is 2.92. The lowest BCUT2D eigenvalue weighted by molar-refractivity contribution is -0.130. The Hall–Kier alpha value is -2.98. The Morgan fingerprint density at radius 2 is 2.12 bits per heavy atom. The zero-order valence-electron chi connectivity index (χ0n) is 13.4. The van der Waals surface area contributed by atoms with Crippen LogP contribution in [0.2, 0.25) is 0 Å². The summed E-state index contributed by atoms with van der Waals surface area (Å²) in [6, 6.07) is 10.9. The quantitative estimate of drug-likeness (QED) is 0.886.